The molecule has 2 rings (SSSR count). The first-order chi connectivity index (χ1) is 10.8. The van der Waals surface area contributed by atoms with Crippen LogP contribution < -0.4 is 0 Å². The fraction of sp³-hybridized carbons (Fsp3) is 0. The fourth-order valence-electron chi connectivity index (χ4n) is 1.74. The zero-order valence-electron chi connectivity index (χ0n) is 11.9. The summed E-state index contributed by atoms with van der Waals surface area (Å²) in [4.78, 5) is 28.0. The standard InChI is InChI=1S/C16H10N2O2.C2H4/c19-11-17-15-7-3-1-5-13(15)9-10-14-6-2-4-8-16(14)18-12-20;1-2/h1-10H;1-2H2. The van der Waals surface area contributed by atoms with Gasteiger partial charge in [0.2, 0.25) is 12.2 Å². The molecule has 0 spiro atoms. The number of para-hydroxylation sites is 2. The molecule has 0 aliphatic heterocycles. The van der Waals surface area contributed by atoms with Gasteiger partial charge in [-0.05, 0) is 12.1 Å². The molecular weight excluding hydrogens is 276 g/mol. The summed E-state index contributed by atoms with van der Waals surface area (Å²) in [7, 11) is 0. The van der Waals surface area contributed by atoms with Gasteiger partial charge in [0.15, 0.2) is 0 Å². The first-order valence-electron chi connectivity index (χ1n) is 6.37. The molecule has 0 radical (unpaired) electrons. The van der Waals surface area contributed by atoms with Crippen molar-refractivity contribution in [3.8, 4) is 0 Å². The number of hydrogen-bond acceptors (Lipinski definition) is 4. The van der Waals surface area contributed by atoms with E-state index in [4.69, 9.17) is 0 Å². The van der Waals surface area contributed by atoms with Crippen LogP contribution in [-0.4, -0.2) is 12.2 Å². The molecule has 0 unspecified atom stereocenters. The molecule has 2 aromatic carbocycles. The van der Waals surface area contributed by atoms with Crippen LogP contribution in [0.1, 0.15) is 11.1 Å². The zero-order chi connectivity index (χ0) is 16.2. The Hall–Kier alpha value is -3.32. The quantitative estimate of drug-likeness (QED) is 0.358. The van der Waals surface area contributed by atoms with Crippen molar-refractivity contribution >= 4 is 35.7 Å². The molecule has 22 heavy (non-hydrogen) atoms. The third kappa shape index (κ3) is 4.66. The molecule has 0 N–H and O–H groups in total. The van der Waals surface area contributed by atoms with Crippen LogP contribution in [0.2, 0.25) is 0 Å². The molecule has 0 aliphatic carbocycles. The molecule has 0 atom stereocenters. The Balaban J connectivity index is 0.00000116. The molecule has 108 valence electrons. The molecule has 0 saturated heterocycles. The van der Waals surface area contributed by atoms with Crippen LogP contribution in [0, 0.1) is 0 Å². The maximum atomic E-state index is 10.4. The fourth-order valence-corrected chi connectivity index (χ4v) is 1.74. The summed E-state index contributed by atoms with van der Waals surface area (Å²) in [6, 6.07) is 14.4. The topological polar surface area (TPSA) is 58.9 Å². The number of rotatable bonds is 4. The Labute approximate surface area is 128 Å². The van der Waals surface area contributed by atoms with Crippen molar-refractivity contribution < 1.29 is 9.59 Å². The molecule has 4 heteroatoms. The van der Waals surface area contributed by atoms with Crippen molar-refractivity contribution in [2.24, 2.45) is 9.98 Å². The van der Waals surface area contributed by atoms with E-state index in [0.717, 1.165) is 11.1 Å². The van der Waals surface area contributed by atoms with Gasteiger partial charge in [-0.1, -0.05) is 48.6 Å². The van der Waals surface area contributed by atoms with Crippen LogP contribution in [0.15, 0.2) is 71.7 Å². The van der Waals surface area contributed by atoms with Crippen LogP contribution in [-0.2, 0) is 9.59 Å². The average Bonchev–Trinajstić information content (AvgIpc) is 2.58. The molecule has 0 bridgehead atoms. The SMILES string of the molecule is C=C.O=C=Nc1ccccc1C=Cc1ccccc1N=C=O. The van der Waals surface area contributed by atoms with Gasteiger partial charge in [-0.3, -0.25) is 0 Å². The molecule has 2 aromatic rings. The van der Waals surface area contributed by atoms with Crippen molar-refractivity contribution in [1.82, 2.24) is 0 Å². The van der Waals surface area contributed by atoms with Gasteiger partial charge in [0.05, 0.1) is 11.4 Å². The molecule has 0 amide bonds. The number of benzene rings is 2. The minimum atomic E-state index is 0.537. The highest BCUT2D eigenvalue weighted by molar-refractivity contribution is 5.80. The highest BCUT2D eigenvalue weighted by atomic mass is 16.1. The Bertz CT molecular complexity index is 690. The Morgan fingerprint density at radius 1 is 0.727 bits per heavy atom. The number of isocyanates is 2. The first-order valence-corrected chi connectivity index (χ1v) is 6.37. The lowest BCUT2D eigenvalue weighted by atomic mass is 10.1. The second-order valence-corrected chi connectivity index (χ2v) is 3.86. The van der Waals surface area contributed by atoms with E-state index in [-0.39, 0.29) is 0 Å². The van der Waals surface area contributed by atoms with Crippen LogP contribution in [0.5, 0.6) is 0 Å². The van der Waals surface area contributed by atoms with Gasteiger partial charge in [-0.15, -0.1) is 13.2 Å². The van der Waals surface area contributed by atoms with Crippen molar-refractivity contribution in [2.45, 2.75) is 0 Å². The van der Waals surface area contributed by atoms with E-state index in [1.54, 1.807) is 36.4 Å². The van der Waals surface area contributed by atoms with E-state index >= 15 is 0 Å². The highest BCUT2D eigenvalue weighted by Gasteiger charge is 1.98. The minimum Gasteiger partial charge on any atom is -0.211 e. The normalized spacial score (nSPS) is 9.09. The van der Waals surface area contributed by atoms with Crippen LogP contribution >= 0.6 is 0 Å². The van der Waals surface area contributed by atoms with Crippen LogP contribution in [0.3, 0.4) is 0 Å². The van der Waals surface area contributed by atoms with Gasteiger partial charge in [-0.2, -0.15) is 9.98 Å². The smallest absolute Gasteiger partial charge is 0.211 e. The number of hydrogen-bond donors (Lipinski definition) is 0. The lowest BCUT2D eigenvalue weighted by molar-refractivity contribution is 0.564. The number of nitrogens with zero attached hydrogens (tertiary/aromatic N) is 2. The van der Waals surface area contributed by atoms with Gasteiger partial charge in [0.25, 0.3) is 0 Å². The Kier molecular flexibility index (Phi) is 7.27. The second kappa shape index (κ2) is 9.56. The lowest BCUT2D eigenvalue weighted by Gasteiger charge is -2.00. The zero-order valence-corrected chi connectivity index (χ0v) is 11.9. The molecule has 0 fully saturated rings. The van der Waals surface area contributed by atoms with E-state index in [2.05, 4.69) is 23.1 Å². The summed E-state index contributed by atoms with van der Waals surface area (Å²) in [5, 5.41) is 0. The van der Waals surface area contributed by atoms with Crippen molar-refractivity contribution in [1.29, 1.82) is 0 Å². The van der Waals surface area contributed by atoms with Gasteiger partial charge in [0.1, 0.15) is 0 Å². The van der Waals surface area contributed by atoms with E-state index in [0.29, 0.717) is 11.4 Å². The highest BCUT2D eigenvalue weighted by Crippen LogP contribution is 2.24. The summed E-state index contributed by atoms with van der Waals surface area (Å²) < 4.78 is 0. The summed E-state index contributed by atoms with van der Waals surface area (Å²) in [6.07, 6.45) is 6.65. The summed E-state index contributed by atoms with van der Waals surface area (Å²) in [5.41, 5.74) is 2.63. The van der Waals surface area contributed by atoms with Gasteiger partial charge in [-0.25, -0.2) is 9.59 Å². The molecule has 4 nitrogen and oxygen atoms in total. The Morgan fingerprint density at radius 3 is 1.45 bits per heavy atom. The van der Waals surface area contributed by atoms with Gasteiger partial charge >= 0.3 is 0 Å². The second-order valence-electron chi connectivity index (χ2n) is 3.86. The van der Waals surface area contributed by atoms with E-state index in [1.165, 1.54) is 12.2 Å². The largest absolute Gasteiger partial charge is 0.240 e. The lowest BCUT2D eigenvalue weighted by Crippen LogP contribution is -1.76. The van der Waals surface area contributed by atoms with Gasteiger partial charge in [0, 0.05) is 11.1 Å². The summed E-state index contributed by atoms with van der Waals surface area (Å²) in [6.45, 7) is 6.00. The van der Waals surface area contributed by atoms with Crippen LogP contribution in [0.4, 0.5) is 11.4 Å². The third-order valence-electron chi connectivity index (χ3n) is 2.65. The third-order valence-corrected chi connectivity index (χ3v) is 2.65. The number of aliphatic imine (C=N–C) groups is 2. The van der Waals surface area contributed by atoms with Crippen molar-refractivity contribution in [2.75, 3.05) is 0 Å². The van der Waals surface area contributed by atoms with E-state index in [9.17, 15) is 9.59 Å². The maximum absolute atomic E-state index is 10.4. The molecular formula is C18H14N2O2. The Morgan fingerprint density at radius 2 is 1.09 bits per heavy atom. The molecule has 0 aromatic heterocycles. The van der Waals surface area contributed by atoms with Crippen molar-refractivity contribution in [3.63, 3.8) is 0 Å². The number of carbonyl (C=O) groups excluding carboxylic acids is 2. The van der Waals surface area contributed by atoms with E-state index < -0.39 is 0 Å². The minimum absolute atomic E-state index is 0.537. The van der Waals surface area contributed by atoms with Gasteiger partial charge < -0.3 is 0 Å². The maximum Gasteiger partial charge on any atom is 0.240 e. The molecule has 0 saturated carbocycles. The average molecular weight is 290 g/mol. The summed E-state index contributed by atoms with van der Waals surface area (Å²) >= 11 is 0. The predicted octanol–water partition coefficient (Wildman–Crippen LogP) is 4.59. The van der Waals surface area contributed by atoms with Crippen molar-refractivity contribution in [3.05, 3.63) is 72.8 Å². The van der Waals surface area contributed by atoms with Crippen LogP contribution in [0.25, 0.3) is 12.2 Å². The monoisotopic (exact) mass is 290 g/mol. The van der Waals surface area contributed by atoms with E-state index in [1.807, 2.05) is 24.3 Å². The first kappa shape index (κ1) is 16.7. The summed E-state index contributed by atoms with van der Waals surface area (Å²) in [5.74, 6) is 0. The predicted molar refractivity (Wildman–Crippen MR) is 88.6 cm³/mol. The molecule has 0 aliphatic rings. The molecule has 0 heterocycles.